The number of amides is 1. The number of rotatable bonds is 9. The molecule has 0 spiro atoms. The lowest BCUT2D eigenvalue weighted by Crippen LogP contribution is -2.28. The first-order valence-corrected chi connectivity index (χ1v) is 9.62. The number of nitrogens with zero attached hydrogens (tertiary/aromatic N) is 3. The number of benzene rings is 1. The van der Waals surface area contributed by atoms with E-state index >= 15 is 0 Å². The van der Waals surface area contributed by atoms with Gasteiger partial charge in [-0.1, -0.05) is 25.1 Å². The van der Waals surface area contributed by atoms with Gasteiger partial charge in [-0.3, -0.25) is 9.48 Å². The third-order valence-corrected chi connectivity index (χ3v) is 4.84. The minimum Gasteiger partial charge on any atom is -0.483 e. The minimum atomic E-state index is -0.0603. The summed E-state index contributed by atoms with van der Waals surface area (Å²) in [5.41, 5.74) is 2.03. The molecule has 2 aromatic rings. The topological polar surface area (TPSA) is 59.4 Å². The van der Waals surface area contributed by atoms with Crippen LogP contribution in [0.25, 0.3) is 0 Å². The second kappa shape index (κ2) is 9.73. The van der Waals surface area contributed by atoms with Crippen molar-refractivity contribution in [2.75, 3.05) is 20.7 Å². The van der Waals surface area contributed by atoms with E-state index in [-0.39, 0.29) is 18.6 Å². The lowest BCUT2D eigenvalue weighted by molar-refractivity contribution is -0.130. The standard InChI is InChI=1S/C19H27BrN4O2/c1-5-16(21-11-17-15(20)12-24(6-2)22-17)14-9-7-8-10-18(14)26-13-19(25)23(3)4/h7-10,12,16,21H,5-6,11,13H2,1-4H3. The maximum atomic E-state index is 11.8. The molecule has 26 heavy (non-hydrogen) atoms. The Labute approximate surface area is 163 Å². The summed E-state index contributed by atoms with van der Waals surface area (Å²) in [5, 5.41) is 8.11. The zero-order valence-corrected chi connectivity index (χ0v) is 17.4. The van der Waals surface area contributed by atoms with Crippen molar-refractivity contribution in [1.82, 2.24) is 20.0 Å². The van der Waals surface area contributed by atoms with Gasteiger partial charge in [-0.2, -0.15) is 5.10 Å². The van der Waals surface area contributed by atoms with Crippen molar-refractivity contribution >= 4 is 21.8 Å². The largest absolute Gasteiger partial charge is 0.483 e. The van der Waals surface area contributed by atoms with E-state index < -0.39 is 0 Å². The molecule has 1 aromatic heterocycles. The zero-order chi connectivity index (χ0) is 19.1. The fourth-order valence-electron chi connectivity index (χ4n) is 2.58. The third kappa shape index (κ3) is 5.32. The van der Waals surface area contributed by atoms with Crippen LogP contribution in [0.15, 0.2) is 34.9 Å². The molecule has 1 heterocycles. The molecule has 0 aliphatic carbocycles. The Bertz CT molecular complexity index is 730. The molecule has 142 valence electrons. The summed E-state index contributed by atoms with van der Waals surface area (Å²) in [7, 11) is 3.45. The Hall–Kier alpha value is -1.86. The first kappa shape index (κ1) is 20.5. The molecule has 1 amide bonds. The van der Waals surface area contributed by atoms with Gasteiger partial charge in [-0.25, -0.2) is 0 Å². The zero-order valence-electron chi connectivity index (χ0n) is 15.8. The van der Waals surface area contributed by atoms with Crippen molar-refractivity contribution in [2.45, 2.75) is 39.4 Å². The molecular formula is C19H27BrN4O2. The first-order chi connectivity index (χ1) is 12.5. The van der Waals surface area contributed by atoms with E-state index in [0.29, 0.717) is 6.54 Å². The van der Waals surface area contributed by atoms with Gasteiger partial charge in [0, 0.05) is 45.0 Å². The fraction of sp³-hybridized carbons (Fsp3) is 0.474. The lowest BCUT2D eigenvalue weighted by atomic mass is 10.0. The molecule has 1 unspecified atom stereocenters. The highest BCUT2D eigenvalue weighted by Crippen LogP contribution is 2.28. The number of aryl methyl sites for hydroxylation is 1. The second-order valence-electron chi connectivity index (χ2n) is 6.24. The average Bonchev–Trinajstić information content (AvgIpc) is 3.01. The molecule has 6 nitrogen and oxygen atoms in total. The van der Waals surface area contributed by atoms with Gasteiger partial charge in [-0.05, 0) is 35.3 Å². The number of likely N-dealkylation sites (N-methyl/N-ethyl adjacent to an activating group) is 1. The molecular weight excluding hydrogens is 396 g/mol. The van der Waals surface area contributed by atoms with Crippen LogP contribution >= 0.6 is 15.9 Å². The van der Waals surface area contributed by atoms with Crippen LogP contribution < -0.4 is 10.1 Å². The Morgan fingerprint density at radius 1 is 1.35 bits per heavy atom. The molecule has 0 bridgehead atoms. The van der Waals surface area contributed by atoms with Crippen LogP contribution in [0.3, 0.4) is 0 Å². The van der Waals surface area contributed by atoms with E-state index in [1.165, 1.54) is 4.90 Å². The van der Waals surface area contributed by atoms with E-state index in [0.717, 1.165) is 34.4 Å². The number of ether oxygens (including phenoxy) is 1. The third-order valence-electron chi connectivity index (χ3n) is 4.18. The van der Waals surface area contributed by atoms with E-state index in [1.807, 2.05) is 35.1 Å². The molecule has 1 atom stereocenters. The lowest BCUT2D eigenvalue weighted by Gasteiger charge is -2.21. The van der Waals surface area contributed by atoms with Gasteiger partial charge in [0.2, 0.25) is 0 Å². The molecule has 0 radical (unpaired) electrons. The summed E-state index contributed by atoms with van der Waals surface area (Å²) in [6.07, 6.45) is 2.88. The molecule has 1 aromatic carbocycles. The Morgan fingerprint density at radius 3 is 2.69 bits per heavy atom. The van der Waals surface area contributed by atoms with Crippen molar-refractivity contribution in [1.29, 1.82) is 0 Å². The van der Waals surface area contributed by atoms with Gasteiger partial charge >= 0.3 is 0 Å². The second-order valence-corrected chi connectivity index (χ2v) is 7.09. The van der Waals surface area contributed by atoms with Gasteiger partial charge in [0.05, 0.1) is 10.2 Å². The molecule has 0 fully saturated rings. The summed E-state index contributed by atoms with van der Waals surface area (Å²) in [6, 6.07) is 7.97. The van der Waals surface area contributed by atoms with Crippen molar-refractivity contribution in [2.24, 2.45) is 0 Å². The monoisotopic (exact) mass is 422 g/mol. The van der Waals surface area contributed by atoms with Crippen LogP contribution in [0.1, 0.15) is 37.6 Å². The van der Waals surface area contributed by atoms with E-state index in [2.05, 4.69) is 40.2 Å². The smallest absolute Gasteiger partial charge is 0.259 e. The quantitative estimate of drug-likeness (QED) is 0.672. The normalized spacial score (nSPS) is 12.0. The predicted molar refractivity (Wildman–Crippen MR) is 106 cm³/mol. The van der Waals surface area contributed by atoms with Crippen LogP contribution in [-0.4, -0.2) is 41.3 Å². The number of para-hydroxylation sites is 1. The number of carbonyl (C=O) groups is 1. The fourth-order valence-corrected chi connectivity index (χ4v) is 3.04. The van der Waals surface area contributed by atoms with E-state index in [1.54, 1.807) is 14.1 Å². The van der Waals surface area contributed by atoms with Gasteiger partial charge in [0.25, 0.3) is 5.91 Å². The maximum Gasteiger partial charge on any atom is 0.259 e. The number of hydrogen-bond donors (Lipinski definition) is 1. The molecule has 0 aliphatic rings. The molecule has 0 saturated heterocycles. The maximum absolute atomic E-state index is 11.8. The predicted octanol–water partition coefficient (Wildman–Crippen LogP) is 3.37. The highest BCUT2D eigenvalue weighted by Gasteiger charge is 2.16. The summed E-state index contributed by atoms with van der Waals surface area (Å²) in [6.45, 7) is 5.71. The number of halogens is 1. The number of aromatic nitrogens is 2. The average molecular weight is 423 g/mol. The Morgan fingerprint density at radius 2 is 2.08 bits per heavy atom. The summed E-state index contributed by atoms with van der Waals surface area (Å²) in [5.74, 6) is 0.676. The highest BCUT2D eigenvalue weighted by atomic mass is 79.9. The minimum absolute atomic E-state index is 0.0346. The highest BCUT2D eigenvalue weighted by molar-refractivity contribution is 9.10. The number of carbonyl (C=O) groups excluding carboxylic acids is 1. The van der Waals surface area contributed by atoms with Crippen LogP contribution in [0.2, 0.25) is 0 Å². The number of hydrogen-bond acceptors (Lipinski definition) is 4. The molecule has 1 N–H and O–H groups in total. The van der Waals surface area contributed by atoms with E-state index in [4.69, 9.17) is 4.74 Å². The summed E-state index contributed by atoms with van der Waals surface area (Å²) >= 11 is 3.56. The van der Waals surface area contributed by atoms with Crippen molar-refractivity contribution in [3.63, 3.8) is 0 Å². The van der Waals surface area contributed by atoms with Crippen LogP contribution in [0.5, 0.6) is 5.75 Å². The van der Waals surface area contributed by atoms with Crippen LogP contribution in [-0.2, 0) is 17.9 Å². The van der Waals surface area contributed by atoms with Gasteiger partial charge in [-0.15, -0.1) is 0 Å². The first-order valence-electron chi connectivity index (χ1n) is 8.83. The van der Waals surface area contributed by atoms with Crippen molar-refractivity contribution in [3.05, 3.63) is 46.2 Å². The van der Waals surface area contributed by atoms with E-state index in [9.17, 15) is 4.79 Å². The summed E-state index contributed by atoms with van der Waals surface area (Å²) < 4.78 is 8.69. The summed E-state index contributed by atoms with van der Waals surface area (Å²) in [4.78, 5) is 13.3. The SMILES string of the molecule is CCC(NCc1nn(CC)cc1Br)c1ccccc1OCC(=O)N(C)C. The van der Waals surface area contributed by atoms with Gasteiger partial charge in [0.15, 0.2) is 6.61 Å². The van der Waals surface area contributed by atoms with Gasteiger partial charge < -0.3 is 15.0 Å². The Kier molecular flexibility index (Phi) is 7.66. The van der Waals surface area contributed by atoms with Gasteiger partial charge in [0.1, 0.15) is 5.75 Å². The van der Waals surface area contributed by atoms with Crippen molar-refractivity contribution < 1.29 is 9.53 Å². The Balaban J connectivity index is 2.08. The van der Waals surface area contributed by atoms with Crippen LogP contribution in [0, 0.1) is 0 Å². The molecule has 0 saturated carbocycles. The molecule has 2 rings (SSSR count). The molecule has 7 heteroatoms. The van der Waals surface area contributed by atoms with Crippen LogP contribution in [0.4, 0.5) is 0 Å². The molecule has 0 aliphatic heterocycles. The number of nitrogens with one attached hydrogen (secondary N) is 1. The van der Waals surface area contributed by atoms with Crippen molar-refractivity contribution in [3.8, 4) is 5.75 Å².